The number of ether oxygens (including phenoxy) is 1. The van der Waals surface area contributed by atoms with Crippen LogP contribution in [-0.2, 0) is 0 Å². The molecule has 15 heavy (non-hydrogen) atoms. The van der Waals surface area contributed by atoms with E-state index in [-0.39, 0.29) is 0 Å². The summed E-state index contributed by atoms with van der Waals surface area (Å²) in [5.41, 5.74) is 0. The van der Waals surface area contributed by atoms with Crippen LogP contribution < -0.4 is 4.74 Å². The molecule has 0 aliphatic carbocycles. The van der Waals surface area contributed by atoms with Crippen LogP contribution in [0.5, 0.6) is 5.19 Å². The molecule has 4 heteroatoms. The van der Waals surface area contributed by atoms with Crippen LogP contribution in [0, 0.1) is 5.92 Å². The molecule has 0 spiro atoms. The van der Waals surface area contributed by atoms with E-state index in [4.69, 9.17) is 4.74 Å². The molecule has 1 aromatic heterocycles. The smallest absolute Gasteiger partial charge is 0.274 e. The molecule has 1 aromatic rings. The Morgan fingerprint density at radius 1 is 1.53 bits per heavy atom. The maximum atomic E-state index is 5.65. The van der Waals surface area contributed by atoms with Crippen LogP contribution in [0.3, 0.4) is 0 Å². The average molecular weight is 292 g/mol. The molecule has 0 aromatic carbocycles. The molecule has 0 saturated heterocycles. The van der Waals surface area contributed by atoms with Gasteiger partial charge < -0.3 is 4.74 Å². The number of nitrogens with zero attached hydrogens (tertiary/aromatic N) is 1. The number of rotatable bonds is 7. The first-order chi connectivity index (χ1) is 7.26. The Hall–Kier alpha value is -0.0900. The predicted octanol–water partition coefficient (Wildman–Crippen LogP) is 4.50. The third kappa shape index (κ3) is 4.98. The Bertz CT molecular complexity index is 277. The van der Waals surface area contributed by atoms with Crippen LogP contribution in [0.15, 0.2) is 9.98 Å². The van der Waals surface area contributed by atoms with E-state index in [1.807, 2.05) is 5.38 Å². The van der Waals surface area contributed by atoms with E-state index in [0.717, 1.165) is 16.4 Å². The number of halogens is 1. The van der Waals surface area contributed by atoms with Crippen LogP contribution >= 0.6 is 27.3 Å². The fraction of sp³-hybridized carbons (Fsp3) is 0.727. The quantitative estimate of drug-likeness (QED) is 0.738. The molecule has 0 bridgehead atoms. The summed E-state index contributed by atoms with van der Waals surface area (Å²) in [5.74, 6) is 0.674. The molecule has 1 atom stereocenters. The Balaban J connectivity index is 2.27. The largest absolute Gasteiger partial charge is 0.470 e. The molecule has 1 rings (SSSR count). The van der Waals surface area contributed by atoms with Crippen molar-refractivity contribution >= 4 is 27.3 Å². The van der Waals surface area contributed by atoms with Gasteiger partial charge in [0.25, 0.3) is 5.19 Å². The molecule has 0 aliphatic heterocycles. The predicted molar refractivity (Wildman–Crippen MR) is 68.6 cm³/mol. The summed E-state index contributed by atoms with van der Waals surface area (Å²) < 4.78 is 6.52. The minimum atomic E-state index is 0.674. The van der Waals surface area contributed by atoms with Gasteiger partial charge in [-0.05, 0) is 28.3 Å². The molecule has 0 N–H and O–H groups in total. The van der Waals surface area contributed by atoms with E-state index < -0.39 is 0 Å². The van der Waals surface area contributed by atoms with E-state index in [9.17, 15) is 0 Å². The van der Waals surface area contributed by atoms with Crippen molar-refractivity contribution < 1.29 is 4.74 Å². The summed E-state index contributed by atoms with van der Waals surface area (Å²) >= 11 is 4.86. The summed E-state index contributed by atoms with van der Waals surface area (Å²) in [5, 5.41) is 2.72. The Morgan fingerprint density at radius 3 is 2.87 bits per heavy atom. The van der Waals surface area contributed by atoms with Crippen molar-refractivity contribution in [3.63, 3.8) is 0 Å². The lowest BCUT2D eigenvalue weighted by atomic mass is 10.0. The molecule has 0 saturated carbocycles. The highest BCUT2D eigenvalue weighted by atomic mass is 79.9. The van der Waals surface area contributed by atoms with Crippen LogP contribution in [0.25, 0.3) is 0 Å². The summed E-state index contributed by atoms with van der Waals surface area (Å²) in [7, 11) is 0. The third-order valence-electron chi connectivity index (χ3n) is 2.44. The monoisotopic (exact) mass is 291 g/mol. The lowest BCUT2D eigenvalue weighted by Crippen LogP contribution is -2.11. The normalized spacial score (nSPS) is 12.7. The lowest BCUT2D eigenvalue weighted by Gasteiger charge is -2.13. The molecule has 0 fully saturated rings. The molecular formula is C11H18BrNOS. The zero-order chi connectivity index (χ0) is 11.1. The van der Waals surface area contributed by atoms with Gasteiger partial charge >= 0.3 is 0 Å². The van der Waals surface area contributed by atoms with Gasteiger partial charge in [-0.3, -0.25) is 0 Å². The third-order valence-corrected chi connectivity index (χ3v) is 3.90. The maximum absolute atomic E-state index is 5.65. The Morgan fingerprint density at radius 2 is 2.33 bits per heavy atom. The van der Waals surface area contributed by atoms with Crippen molar-refractivity contribution in [2.45, 2.75) is 39.5 Å². The van der Waals surface area contributed by atoms with Crippen LogP contribution in [-0.4, -0.2) is 11.6 Å². The Kier molecular flexibility index (Phi) is 6.25. The van der Waals surface area contributed by atoms with Crippen molar-refractivity contribution in [1.29, 1.82) is 0 Å². The minimum absolute atomic E-state index is 0.674. The summed E-state index contributed by atoms with van der Waals surface area (Å²) in [6, 6.07) is 0. The van der Waals surface area contributed by atoms with Crippen LogP contribution in [0.2, 0.25) is 0 Å². The summed E-state index contributed by atoms with van der Waals surface area (Å²) in [4.78, 5) is 4.21. The van der Waals surface area contributed by atoms with Gasteiger partial charge in [-0.25, -0.2) is 0 Å². The van der Waals surface area contributed by atoms with E-state index in [0.29, 0.717) is 5.92 Å². The number of aromatic nitrogens is 1. The molecule has 0 amide bonds. The first-order valence-corrected chi connectivity index (χ1v) is 7.17. The summed E-state index contributed by atoms with van der Waals surface area (Å²) in [6.07, 6.45) is 5.01. The highest BCUT2D eigenvalue weighted by Gasteiger charge is 2.08. The van der Waals surface area contributed by atoms with Gasteiger partial charge in [0.15, 0.2) is 0 Å². The number of unbranched alkanes of at least 4 members (excludes halogenated alkanes) is 1. The van der Waals surface area contributed by atoms with E-state index >= 15 is 0 Å². The minimum Gasteiger partial charge on any atom is -0.470 e. The zero-order valence-electron chi connectivity index (χ0n) is 9.33. The van der Waals surface area contributed by atoms with Crippen molar-refractivity contribution in [1.82, 2.24) is 4.98 Å². The van der Waals surface area contributed by atoms with Gasteiger partial charge in [-0.15, -0.1) is 0 Å². The van der Waals surface area contributed by atoms with Crippen LogP contribution in [0.1, 0.15) is 39.5 Å². The van der Waals surface area contributed by atoms with E-state index in [1.54, 1.807) is 11.3 Å². The average Bonchev–Trinajstić information content (AvgIpc) is 2.65. The van der Waals surface area contributed by atoms with Crippen molar-refractivity contribution in [2.75, 3.05) is 6.61 Å². The SMILES string of the molecule is CCCCC(CC)COc1nc(Br)cs1. The van der Waals surface area contributed by atoms with Gasteiger partial charge in [0.1, 0.15) is 4.60 Å². The molecular weight excluding hydrogens is 274 g/mol. The molecule has 0 aliphatic rings. The van der Waals surface area contributed by atoms with Crippen molar-refractivity contribution in [3.05, 3.63) is 9.98 Å². The number of hydrogen-bond acceptors (Lipinski definition) is 3. The maximum Gasteiger partial charge on any atom is 0.274 e. The van der Waals surface area contributed by atoms with Gasteiger partial charge in [0.2, 0.25) is 0 Å². The first-order valence-electron chi connectivity index (χ1n) is 5.50. The number of thiazole rings is 1. The highest BCUT2D eigenvalue weighted by molar-refractivity contribution is 9.10. The Labute approximate surface area is 104 Å². The van der Waals surface area contributed by atoms with Crippen molar-refractivity contribution in [2.24, 2.45) is 5.92 Å². The summed E-state index contributed by atoms with van der Waals surface area (Å²) in [6.45, 7) is 5.25. The second-order valence-electron chi connectivity index (χ2n) is 3.66. The zero-order valence-corrected chi connectivity index (χ0v) is 11.7. The van der Waals surface area contributed by atoms with Crippen LogP contribution in [0.4, 0.5) is 0 Å². The van der Waals surface area contributed by atoms with Gasteiger partial charge in [0, 0.05) is 5.38 Å². The number of hydrogen-bond donors (Lipinski definition) is 0. The van der Waals surface area contributed by atoms with E-state index in [2.05, 4.69) is 34.8 Å². The molecule has 2 nitrogen and oxygen atoms in total. The molecule has 0 radical (unpaired) electrons. The van der Waals surface area contributed by atoms with Gasteiger partial charge in [0.05, 0.1) is 6.61 Å². The van der Waals surface area contributed by atoms with E-state index in [1.165, 1.54) is 25.7 Å². The molecule has 86 valence electrons. The standard InChI is InChI=1S/C11H18BrNOS/c1-3-5-6-9(4-2)7-14-11-13-10(12)8-15-11/h8-9H,3-7H2,1-2H3. The van der Waals surface area contributed by atoms with Gasteiger partial charge in [-0.1, -0.05) is 44.4 Å². The van der Waals surface area contributed by atoms with Crippen molar-refractivity contribution in [3.8, 4) is 5.19 Å². The topological polar surface area (TPSA) is 22.1 Å². The fourth-order valence-electron chi connectivity index (χ4n) is 1.39. The highest BCUT2D eigenvalue weighted by Crippen LogP contribution is 2.23. The second kappa shape index (κ2) is 7.23. The lowest BCUT2D eigenvalue weighted by molar-refractivity contribution is 0.232. The molecule has 1 unspecified atom stereocenters. The second-order valence-corrected chi connectivity index (χ2v) is 5.30. The van der Waals surface area contributed by atoms with Gasteiger partial charge in [-0.2, -0.15) is 4.98 Å². The molecule has 1 heterocycles. The first kappa shape index (κ1) is 13.0. The fourth-order valence-corrected chi connectivity index (χ4v) is 2.49.